The minimum Gasteiger partial charge on any atom is -0.379 e. The summed E-state index contributed by atoms with van der Waals surface area (Å²) in [6, 6.07) is 2.05. The molecule has 0 aromatic carbocycles. The second-order valence-corrected chi connectivity index (χ2v) is 4.04. The van der Waals surface area contributed by atoms with Crippen LogP contribution in [0.25, 0.3) is 0 Å². The topological polar surface area (TPSA) is 65.4 Å². The molecular formula is C11H19N3O2. The molecule has 1 N–H and O–H groups in total. The minimum absolute atomic E-state index is 0.0395. The maximum Gasteiger partial charge on any atom is 0.221 e. The smallest absolute Gasteiger partial charge is 0.221 e. The minimum atomic E-state index is -0.205. The third kappa shape index (κ3) is 5.10. The predicted octanol–water partition coefficient (Wildman–Crippen LogP) is -0.0154. The van der Waals surface area contributed by atoms with Crippen molar-refractivity contribution in [1.82, 2.24) is 10.2 Å². The van der Waals surface area contributed by atoms with Gasteiger partial charge in [0.2, 0.25) is 5.91 Å². The first kappa shape index (κ1) is 12.9. The highest BCUT2D eigenvalue weighted by Crippen LogP contribution is 1.98. The summed E-state index contributed by atoms with van der Waals surface area (Å²) in [4.78, 5) is 13.6. The highest BCUT2D eigenvalue weighted by Gasteiger charge is 2.11. The number of nitrogens with zero attached hydrogens (tertiary/aromatic N) is 2. The molecule has 0 saturated carbocycles. The number of carbonyl (C=O) groups is 1. The van der Waals surface area contributed by atoms with Crippen LogP contribution in [-0.2, 0) is 9.53 Å². The van der Waals surface area contributed by atoms with E-state index >= 15 is 0 Å². The van der Waals surface area contributed by atoms with Gasteiger partial charge in [0.05, 0.1) is 25.2 Å². The van der Waals surface area contributed by atoms with Crippen molar-refractivity contribution in [2.45, 2.75) is 13.3 Å². The first-order valence-corrected chi connectivity index (χ1v) is 5.69. The lowest BCUT2D eigenvalue weighted by Gasteiger charge is -2.26. The van der Waals surface area contributed by atoms with Gasteiger partial charge >= 0.3 is 0 Å². The summed E-state index contributed by atoms with van der Waals surface area (Å²) in [5.41, 5.74) is 0. The molecule has 1 fully saturated rings. The van der Waals surface area contributed by atoms with E-state index in [-0.39, 0.29) is 11.8 Å². The number of rotatable bonds is 5. The zero-order valence-electron chi connectivity index (χ0n) is 9.74. The van der Waals surface area contributed by atoms with Crippen LogP contribution in [0.3, 0.4) is 0 Å². The Kier molecular flexibility index (Phi) is 5.83. The molecule has 90 valence electrons. The third-order valence-corrected chi connectivity index (χ3v) is 2.57. The number of carbonyl (C=O) groups excluding carboxylic acids is 1. The van der Waals surface area contributed by atoms with Crippen LogP contribution in [-0.4, -0.2) is 50.2 Å². The van der Waals surface area contributed by atoms with Crippen LogP contribution in [0.4, 0.5) is 0 Å². The molecular weight excluding hydrogens is 206 g/mol. The molecule has 0 aliphatic carbocycles. The largest absolute Gasteiger partial charge is 0.379 e. The van der Waals surface area contributed by atoms with Crippen molar-refractivity contribution >= 4 is 5.91 Å². The van der Waals surface area contributed by atoms with Gasteiger partial charge in [0.1, 0.15) is 0 Å². The molecule has 0 bridgehead atoms. The normalized spacial score (nSPS) is 18.8. The highest BCUT2D eigenvalue weighted by atomic mass is 16.5. The molecule has 0 spiro atoms. The summed E-state index contributed by atoms with van der Waals surface area (Å²) >= 11 is 0. The van der Waals surface area contributed by atoms with E-state index in [0.717, 1.165) is 32.8 Å². The molecule has 0 radical (unpaired) electrons. The van der Waals surface area contributed by atoms with Gasteiger partial charge in [-0.05, 0) is 6.92 Å². The molecule has 1 unspecified atom stereocenters. The summed E-state index contributed by atoms with van der Waals surface area (Å²) in [7, 11) is 0. The number of morpholine rings is 1. The van der Waals surface area contributed by atoms with Gasteiger partial charge in [-0.25, -0.2) is 0 Å². The zero-order chi connectivity index (χ0) is 11.8. The number of ether oxygens (including phenoxy) is 1. The van der Waals surface area contributed by atoms with Crippen LogP contribution in [0, 0.1) is 17.2 Å². The molecule has 1 rings (SSSR count). The molecule has 1 atom stereocenters. The van der Waals surface area contributed by atoms with Gasteiger partial charge in [-0.2, -0.15) is 5.26 Å². The van der Waals surface area contributed by atoms with E-state index < -0.39 is 0 Å². The Morgan fingerprint density at radius 2 is 2.25 bits per heavy atom. The van der Waals surface area contributed by atoms with Crippen molar-refractivity contribution in [3.8, 4) is 6.07 Å². The van der Waals surface area contributed by atoms with Gasteiger partial charge in [0.15, 0.2) is 0 Å². The fourth-order valence-electron chi connectivity index (χ4n) is 1.57. The second-order valence-electron chi connectivity index (χ2n) is 4.04. The molecule has 5 heteroatoms. The summed E-state index contributed by atoms with van der Waals surface area (Å²) in [5.74, 6) is -0.245. The number of nitrogens with one attached hydrogen (secondary N) is 1. The van der Waals surface area contributed by atoms with E-state index in [1.807, 2.05) is 6.07 Å². The lowest BCUT2D eigenvalue weighted by molar-refractivity contribution is -0.121. The Labute approximate surface area is 96.4 Å². The quantitative estimate of drug-likeness (QED) is 0.714. The monoisotopic (exact) mass is 225 g/mol. The Balaban J connectivity index is 2.06. The maximum absolute atomic E-state index is 11.3. The summed E-state index contributed by atoms with van der Waals surface area (Å²) in [5, 5.41) is 11.4. The predicted molar refractivity (Wildman–Crippen MR) is 59.7 cm³/mol. The Morgan fingerprint density at radius 3 is 2.88 bits per heavy atom. The molecule has 1 heterocycles. The molecule has 1 saturated heterocycles. The van der Waals surface area contributed by atoms with Crippen molar-refractivity contribution in [2.75, 3.05) is 39.4 Å². The average Bonchev–Trinajstić information content (AvgIpc) is 2.30. The maximum atomic E-state index is 11.3. The van der Waals surface area contributed by atoms with Crippen molar-refractivity contribution < 1.29 is 9.53 Å². The van der Waals surface area contributed by atoms with Crippen LogP contribution in [0.1, 0.15) is 13.3 Å². The van der Waals surface area contributed by atoms with Gasteiger partial charge in [0.25, 0.3) is 0 Å². The molecule has 0 aromatic heterocycles. The fraction of sp³-hybridized carbons (Fsp3) is 0.818. The fourth-order valence-corrected chi connectivity index (χ4v) is 1.57. The molecule has 1 aliphatic heterocycles. The third-order valence-electron chi connectivity index (χ3n) is 2.57. The Bertz CT molecular complexity index is 256. The highest BCUT2D eigenvalue weighted by molar-refractivity contribution is 5.76. The summed E-state index contributed by atoms with van der Waals surface area (Å²) in [6.45, 7) is 6.68. The van der Waals surface area contributed by atoms with Gasteiger partial charge in [-0.3, -0.25) is 9.69 Å². The van der Waals surface area contributed by atoms with Crippen molar-refractivity contribution in [1.29, 1.82) is 5.26 Å². The number of amides is 1. The standard InChI is InChI=1S/C11H19N3O2/c1-10(9-12)8-11(15)13-2-3-14-4-6-16-7-5-14/h10H,2-8H2,1H3,(H,13,15). The van der Waals surface area contributed by atoms with Crippen LogP contribution in [0.15, 0.2) is 0 Å². The second kappa shape index (κ2) is 7.20. The number of nitriles is 1. The molecule has 16 heavy (non-hydrogen) atoms. The van der Waals surface area contributed by atoms with Crippen molar-refractivity contribution in [3.63, 3.8) is 0 Å². The summed E-state index contributed by atoms with van der Waals surface area (Å²) < 4.78 is 5.23. The van der Waals surface area contributed by atoms with E-state index in [2.05, 4.69) is 10.2 Å². The zero-order valence-corrected chi connectivity index (χ0v) is 9.74. The van der Waals surface area contributed by atoms with Crippen molar-refractivity contribution in [2.24, 2.45) is 5.92 Å². The molecule has 1 amide bonds. The lowest BCUT2D eigenvalue weighted by atomic mass is 10.1. The van der Waals surface area contributed by atoms with Crippen LogP contribution in [0.5, 0.6) is 0 Å². The summed E-state index contributed by atoms with van der Waals surface area (Å²) in [6.07, 6.45) is 0.291. The van der Waals surface area contributed by atoms with E-state index in [1.54, 1.807) is 6.92 Å². The first-order valence-electron chi connectivity index (χ1n) is 5.69. The van der Waals surface area contributed by atoms with Gasteiger partial charge in [-0.15, -0.1) is 0 Å². The van der Waals surface area contributed by atoms with Crippen LogP contribution in [0.2, 0.25) is 0 Å². The molecule has 0 aromatic rings. The van der Waals surface area contributed by atoms with Gasteiger partial charge in [-0.1, -0.05) is 0 Å². The number of hydrogen-bond acceptors (Lipinski definition) is 4. The van der Waals surface area contributed by atoms with Crippen LogP contribution < -0.4 is 5.32 Å². The first-order chi connectivity index (χ1) is 7.72. The van der Waals surface area contributed by atoms with Crippen molar-refractivity contribution in [3.05, 3.63) is 0 Å². The van der Waals surface area contributed by atoms with E-state index in [1.165, 1.54) is 0 Å². The lowest BCUT2D eigenvalue weighted by Crippen LogP contribution is -2.41. The van der Waals surface area contributed by atoms with Gasteiger partial charge < -0.3 is 10.1 Å². The van der Waals surface area contributed by atoms with E-state index in [0.29, 0.717) is 13.0 Å². The average molecular weight is 225 g/mol. The molecule has 1 aliphatic rings. The number of hydrogen-bond donors (Lipinski definition) is 1. The molecule has 5 nitrogen and oxygen atoms in total. The van der Waals surface area contributed by atoms with E-state index in [9.17, 15) is 4.79 Å². The Hall–Kier alpha value is -1.12. The van der Waals surface area contributed by atoms with Crippen LogP contribution >= 0.6 is 0 Å². The van der Waals surface area contributed by atoms with Gasteiger partial charge in [0, 0.05) is 32.6 Å². The SMILES string of the molecule is CC(C#N)CC(=O)NCCN1CCOCC1. The van der Waals surface area contributed by atoms with E-state index in [4.69, 9.17) is 10.00 Å². The Morgan fingerprint density at radius 1 is 1.56 bits per heavy atom.